The van der Waals surface area contributed by atoms with Gasteiger partial charge in [-0.05, 0) is 48.5 Å². The molecule has 1 aromatic heterocycles. The highest BCUT2D eigenvalue weighted by Gasteiger charge is 2.06. The summed E-state index contributed by atoms with van der Waals surface area (Å²) in [7, 11) is 0. The topological polar surface area (TPSA) is 56.0 Å². The second kappa shape index (κ2) is 8.93. The lowest BCUT2D eigenvalue weighted by Gasteiger charge is -1.96. The van der Waals surface area contributed by atoms with E-state index in [0.29, 0.717) is 11.6 Å². The molecular formula is C14H13Cl3N2O. The van der Waals surface area contributed by atoms with Crippen molar-refractivity contribution in [1.29, 1.82) is 0 Å². The van der Waals surface area contributed by atoms with Gasteiger partial charge >= 0.3 is 0 Å². The maximum atomic E-state index is 10.6. The Kier molecular flexibility index (Phi) is 7.55. The van der Waals surface area contributed by atoms with E-state index < -0.39 is 5.24 Å². The third kappa shape index (κ3) is 5.88. The highest BCUT2D eigenvalue weighted by atomic mass is 35.5. The molecule has 3 nitrogen and oxygen atoms in total. The highest BCUT2D eigenvalue weighted by Crippen LogP contribution is 2.21. The van der Waals surface area contributed by atoms with E-state index in [0.717, 1.165) is 12.1 Å². The SMILES string of the molecule is NCCc1ccccn1.O=C(Cl)c1ccc(Cl)cc1Cl. The molecule has 2 aromatic rings. The molecule has 1 heterocycles. The van der Waals surface area contributed by atoms with Crippen molar-refractivity contribution >= 4 is 40.0 Å². The van der Waals surface area contributed by atoms with Crippen LogP contribution in [0.1, 0.15) is 16.1 Å². The maximum Gasteiger partial charge on any atom is 0.253 e. The fraction of sp³-hybridized carbons (Fsp3) is 0.143. The minimum atomic E-state index is -0.577. The van der Waals surface area contributed by atoms with Crippen LogP contribution in [-0.2, 0) is 6.42 Å². The minimum Gasteiger partial charge on any atom is -0.330 e. The summed E-state index contributed by atoms with van der Waals surface area (Å²) in [5.41, 5.74) is 6.67. The van der Waals surface area contributed by atoms with E-state index in [9.17, 15) is 4.79 Å². The lowest BCUT2D eigenvalue weighted by Crippen LogP contribution is -2.03. The highest BCUT2D eigenvalue weighted by molar-refractivity contribution is 6.68. The fourth-order valence-corrected chi connectivity index (χ4v) is 2.05. The van der Waals surface area contributed by atoms with Gasteiger partial charge in [0.05, 0.1) is 10.6 Å². The van der Waals surface area contributed by atoms with Gasteiger partial charge in [0.15, 0.2) is 0 Å². The third-order valence-electron chi connectivity index (χ3n) is 2.27. The van der Waals surface area contributed by atoms with Crippen LogP contribution in [0.25, 0.3) is 0 Å². The van der Waals surface area contributed by atoms with E-state index in [1.807, 2.05) is 18.2 Å². The van der Waals surface area contributed by atoms with Crippen molar-refractivity contribution in [3.05, 3.63) is 63.9 Å². The first-order valence-corrected chi connectivity index (χ1v) is 6.93. The van der Waals surface area contributed by atoms with Crippen LogP contribution in [0.5, 0.6) is 0 Å². The number of carbonyl (C=O) groups excluding carboxylic acids is 1. The molecule has 0 spiro atoms. The molecular weight excluding hydrogens is 319 g/mol. The fourth-order valence-electron chi connectivity index (χ4n) is 1.34. The van der Waals surface area contributed by atoms with Gasteiger partial charge in [-0.25, -0.2) is 0 Å². The maximum absolute atomic E-state index is 10.6. The molecule has 6 heteroatoms. The van der Waals surface area contributed by atoms with Crippen molar-refractivity contribution in [2.75, 3.05) is 6.54 Å². The number of pyridine rings is 1. The Morgan fingerprint density at radius 1 is 1.20 bits per heavy atom. The Bertz CT molecular complexity index is 562. The monoisotopic (exact) mass is 330 g/mol. The molecule has 20 heavy (non-hydrogen) atoms. The van der Waals surface area contributed by atoms with Gasteiger partial charge in [-0.3, -0.25) is 9.78 Å². The van der Waals surface area contributed by atoms with Crippen LogP contribution in [0.15, 0.2) is 42.6 Å². The van der Waals surface area contributed by atoms with Crippen LogP contribution in [0, 0.1) is 0 Å². The van der Waals surface area contributed by atoms with Crippen LogP contribution >= 0.6 is 34.8 Å². The number of hydrogen-bond donors (Lipinski definition) is 1. The molecule has 0 aliphatic carbocycles. The Morgan fingerprint density at radius 2 is 1.95 bits per heavy atom. The largest absolute Gasteiger partial charge is 0.330 e. The van der Waals surface area contributed by atoms with Crippen LogP contribution in [0.4, 0.5) is 0 Å². The molecule has 0 atom stereocenters. The van der Waals surface area contributed by atoms with Crippen molar-refractivity contribution in [2.24, 2.45) is 5.73 Å². The molecule has 0 saturated carbocycles. The van der Waals surface area contributed by atoms with Gasteiger partial charge in [0, 0.05) is 23.3 Å². The third-order valence-corrected chi connectivity index (χ3v) is 3.02. The zero-order valence-electron chi connectivity index (χ0n) is 10.5. The van der Waals surface area contributed by atoms with Crippen LogP contribution < -0.4 is 5.73 Å². The smallest absolute Gasteiger partial charge is 0.253 e. The average molecular weight is 332 g/mol. The molecule has 0 aliphatic rings. The number of nitrogens with zero attached hydrogens (tertiary/aromatic N) is 1. The van der Waals surface area contributed by atoms with E-state index in [1.54, 1.807) is 12.3 Å². The van der Waals surface area contributed by atoms with Gasteiger partial charge in [0.25, 0.3) is 5.24 Å². The van der Waals surface area contributed by atoms with E-state index in [1.165, 1.54) is 12.1 Å². The zero-order valence-corrected chi connectivity index (χ0v) is 12.8. The van der Waals surface area contributed by atoms with Crippen molar-refractivity contribution in [1.82, 2.24) is 4.98 Å². The molecule has 0 radical (unpaired) electrons. The van der Waals surface area contributed by atoms with Gasteiger partial charge in [0.2, 0.25) is 0 Å². The second-order valence-corrected chi connectivity index (χ2v) is 4.94. The standard InChI is InChI=1S/C7H3Cl3O.C7H10N2/c8-4-1-2-5(7(10)11)6(9)3-4;8-5-4-7-3-1-2-6-9-7/h1-3H;1-3,6H,4-5,8H2. The molecule has 106 valence electrons. The van der Waals surface area contributed by atoms with Crippen molar-refractivity contribution in [3.8, 4) is 0 Å². The summed E-state index contributed by atoms with van der Waals surface area (Å²) in [6, 6.07) is 10.4. The Labute approximate surface area is 132 Å². The molecule has 0 aliphatic heterocycles. The van der Waals surface area contributed by atoms with E-state index in [4.69, 9.17) is 40.5 Å². The summed E-state index contributed by atoms with van der Waals surface area (Å²) >= 11 is 16.4. The average Bonchev–Trinajstić information content (AvgIpc) is 2.40. The number of halogens is 3. The van der Waals surface area contributed by atoms with Crippen LogP contribution in [0.2, 0.25) is 10.0 Å². The predicted molar refractivity (Wildman–Crippen MR) is 83.6 cm³/mol. The Balaban J connectivity index is 0.000000204. The summed E-state index contributed by atoms with van der Waals surface area (Å²) in [5.74, 6) is 0. The Morgan fingerprint density at radius 3 is 2.45 bits per heavy atom. The molecule has 1 aromatic carbocycles. The molecule has 0 bridgehead atoms. The summed E-state index contributed by atoms with van der Waals surface area (Å²) in [4.78, 5) is 14.7. The van der Waals surface area contributed by atoms with Gasteiger partial charge < -0.3 is 5.73 Å². The molecule has 0 amide bonds. The van der Waals surface area contributed by atoms with Crippen LogP contribution in [0.3, 0.4) is 0 Å². The summed E-state index contributed by atoms with van der Waals surface area (Å²) in [6.07, 6.45) is 2.66. The number of rotatable bonds is 3. The van der Waals surface area contributed by atoms with Gasteiger partial charge in [-0.2, -0.15) is 0 Å². The molecule has 0 fully saturated rings. The Hall–Kier alpha value is -1.13. The summed E-state index contributed by atoms with van der Waals surface area (Å²) in [6.45, 7) is 0.678. The number of nitrogens with two attached hydrogens (primary N) is 1. The summed E-state index contributed by atoms with van der Waals surface area (Å²) in [5, 5.41) is 0.181. The lowest BCUT2D eigenvalue weighted by atomic mass is 10.2. The van der Waals surface area contributed by atoms with Crippen molar-refractivity contribution in [2.45, 2.75) is 6.42 Å². The minimum absolute atomic E-state index is 0.275. The zero-order chi connectivity index (χ0) is 15.0. The van der Waals surface area contributed by atoms with Crippen molar-refractivity contribution < 1.29 is 4.79 Å². The number of hydrogen-bond acceptors (Lipinski definition) is 3. The van der Waals surface area contributed by atoms with Gasteiger partial charge in [0.1, 0.15) is 0 Å². The number of benzene rings is 1. The number of aromatic nitrogens is 1. The van der Waals surface area contributed by atoms with E-state index >= 15 is 0 Å². The van der Waals surface area contributed by atoms with Crippen LogP contribution in [-0.4, -0.2) is 16.8 Å². The lowest BCUT2D eigenvalue weighted by molar-refractivity contribution is 0.108. The first-order chi connectivity index (χ1) is 9.54. The van der Waals surface area contributed by atoms with E-state index in [2.05, 4.69) is 4.98 Å². The first kappa shape index (κ1) is 16.9. The van der Waals surface area contributed by atoms with Gasteiger partial charge in [-0.15, -0.1) is 0 Å². The van der Waals surface area contributed by atoms with Gasteiger partial charge in [-0.1, -0.05) is 29.3 Å². The summed E-state index contributed by atoms with van der Waals surface area (Å²) < 4.78 is 0. The molecule has 2 rings (SSSR count). The predicted octanol–water partition coefficient (Wildman–Crippen LogP) is 3.96. The normalized spacial score (nSPS) is 9.60. The second-order valence-electron chi connectivity index (χ2n) is 3.76. The number of carbonyl (C=O) groups is 1. The molecule has 0 saturated heterocycles. The molecule has 2 N–H and O–H groups in total. The molecule has 0 unspecified atom stereocenters. The quantitative estimate of drug-likeness (QED) is 0.866. The van der Waals surface area contributed by atoms with E-state index in [-0.39, 0.29) is 10.6 Å². The first-order valence-electron chi connectivity index (χ1n) is 5.79. The van der Waals surface area contributed by atoms with Crippen molar-refractivity contribution in [3.63, 3.8) is 0 Å².